The fourth-order valence-corrected chi connectivity index (χ4v) is 6.96. The molecule has 0 spiro atoms. The molecule has 2 fully saturated rings. The van der Waals surface area contributed by atoms with Crippen LogP contribution < -0.4 is 14.4 Å². The smallest absolute Gasteiger partial charge is 0.278 e. The fourth-order valence-electron chi connectivity index (χ4n) is 5.82. The van der Waals surface area contributed by atoms with Crippen LogP contribution in [0, 0.1) is 5.82 Å². The summed E-state index contributed by atoms with van der Waals surface area (Å²) in [4.78, 5) is 12.4. The van der Waals surface area contributed by atoms with Crippen molar-refractivity contribution < 1.29 is 18.6 Å². The van der Waals surface area contributed by atoms with Gasteiger partial charge in [-0.2, -0.15) is 0 Å². The zero-order valence-corrected chi connectivity index (χ0v) is 24.2. The Morgan fingerprint density at radius 1 is 1.12 bits per heavy atom. The van der Waals surface area contributed by atoms with Crippen LogP contribution >= 0.6 is 22.9 Å². The number of benzene rings is 2. The number of halogens is 2. The van der Waals surface area contributed by atoms with Crippen molar-refractivity contribution in [1.29, 1.82) is 0 Å². The van der Waals surface area contributed by atoms with E-state index in [0.717, 1.165) is 75.1 Å². The monoisotopic (exact) mass is 582 g/mol. The van der Waals surface area contributed by atoms with Crippen molar-refractivity contribution in [3.05, 3.63) is 69.6 Å². The number of ether oxygens (including phenoxy) is 3. The molecule has 2 aromatic carbocycles. The number of fused-ring (bicyclic) bond motifs is 2. The van der Waals surface area contributed by atoms with Crippen LogP contribution in [0.3, 0.4) is 0 Å². The standard InChI is InChI=1S/C30H32ClFN4O3S/c1-3-21-16-25-29(40-21)33-27(36(25)17-20-9-14-37-20)18-34-10-12-35(13-11-34)24-5-4-6-26-28(24)39-30(2,38-26)22-8-7-19(31)15-23(22)32/h4-8,15-16,20H,3,9-14,17-18H2,1-2H3/t20-,30+/m0/s1. The maximum Gasteiger partial charge on any atom is 0.278 e. The lowest BCUT2D eigenvalue weighted by atomic mass is 10.1. The Hall–Kier alpha value is -2.85. The summed E-state index contributed by atoms with van der Waals surface area (Å²) >= 11 is 7.77. The van der Waals surface area contributed by atoms with Crippen LogP contribution in [0.2, 0.25) is 5.02 Å². The van der Waals surface area contributed by atoms with Crippen LogP contribution in [0.1, 0.15) is 36.5 Å². The van der Waals surface area contributed by atoms with Crippen LogP contribution in [0.5, 0.6) is 11.5 Å². The average molecular weight is 583 g/mol. The number of anilines is 1. The average Bonchev–Trinajstić information content (AvgIpc) is 3.57. The van der Waals surface area contributed by atoms with Crippen molar-refractivity contribution in [1.82, 2.24) is 14.5 Å². The molecule has 7 nitrogen and oxygen atoms in total. The molecule has 2 atom stereocenters. The van der Waals surface area contributed by atoms with Gasteiger partial charge in [-0.1, -0.05) is 24.6 Å². The maximum absolute atomic E-state index is 14.8. The number of para-hydroxylation sites is 1. The van der Waals surface area contributed by atoms with E-state index in [9.17, 15) is 4.39 Å². The highest BCUT2D eigenvalue weighted by molar-refractivity contribution is 7.18. The highest BCUT2D eigenvalue weighted by atomic mass is 35.5. The molecule has 0 aliphatic carbocycles. The van der Waals surface area contributed by atoms with Gasteiger partial charge in [0.1, 0.15) is 16.5 Å². The molecule has 2 saturated heterocycles. The minimum Gasteiger partial charge on any atom is -0.444 e. The first-order valence-corrected chi connectivity index (χ1v) is 15.1. The van der Waals surface area contributed by atoms with E-state index in [1.54, 1.807) is 30.4 Å². The summed E-state index contributed by atoms with van der Waals surface area (Å²) in [6, 6.07) is 12.7. The molecule has 0 amide bonds. The minimum absolute atomic E-state index is 0.285. The lowest BCUT2D eigenvalue weighted by molar-refractivity contribution is -0.0705. The van der Waals surface area contributed by atoms with Gasteiger partial charge in [0.2, 0.25) is 0 Å². The Morgan fingerprint density at radius 2 is 1.95 bits per heavy atom. The first-order chi connectivity index (χ1) is 19.4. The molecule has 0 radical (unpaired) electrons. The van der Waals surface area contributed by atoms with E-state index in [1.165, 1.54) is 16.5 Å². The van der Waals surface area contributed by atoms with Gasteiger partial charge < -0.3 is 23.7 Å². The summed E-state index contributed by atoms with van der Waals surface area (Å²) in [5, 5.41) is 0.336. The van der Waals surface area contributed by atoms with Crippen molar-refractivity contribution in [3.8, 4) is 11.5 Å². The van der Waals surface area contributed by atoms with Gasteiger partial charge in [-0.15, -0.1) is 11.3 Å². The van der Waals surface area contributed by atoms with Crippen LogP contribution in [-0.2, 0) is 30.0 Å². The SMILES string of the molecule is CCc1cc2c(nc(CN3CCN(c4cccc5c4O[C@](C)(c4ccc(Cl)cc4F)O5)CC3)n2C[C@@H]2CCO2)s1. The first kappa shape index (κ1) is 26.1. The van der Waals surface area contributed by atoms with E-state index in [2.05, 4.69) is 27.4 Å². The minimum atomic E-state index is -1.26. The van der Waals surface area contributed by atoms with E-state index in [-0.39, 0.29) is 6.10 Å². The van der Waals surface area contributed by atoms with Crippen molar-refractivity contribution in [3.63, 3.8) is 0 Å². The number of hydrogen-bond donors (Lipinski definition) is 0. The number of nitrogens with zero attached hydrogens (tertiary/aromatic N) is 4. The Kier molecular flexibility index (Phi) is 6.65. The number of hydrogen-bond acceptors (Lipinski definition) is 7. The van der Waals surface area contributed by atoms with Crippen molar-refractivity contribution in [2.75, 3.05) is 37.7 Å². The largest absolute Gasteiger partial charge is 0.444 e. The third-order valence-electron chi connectivity index (χ3n) is 8.16. The third-order valence-corrected chi connectivity index (χ3v) is 9.56. The van der Waals surface area contributed by atoms with Gasteiger partial charge in [0.05, 0.1) is 36.0 Å². The highest BCUT2D eigenvalue weighted by Gasteiger charge is 2.42. The summed E-state index contributed by atoms with van der Waals surface area (Å²) in [5.41, 5.74) is 2.52. The van der Waals surface area contributed by atoms with E-state index in [4.69, 9.17) is 30.8 Å². The van der Waals surface area contributed by atoms with E-state index >= 15 is 0 Å². The third kappa shape index (κ3) is 4.62. The Labute approximate surface area is 242 Å². The first-order valence-electron chi connectivity index (χ1n) is 13.9. The summed E-state index contributed by atoms with van der Waals surface area (Å²) in [7, 11) is 0. The molecule has 40 heavy (non-hydrogen) atoms. The van der Waals surface area contributed by atoms with Gasteiger partial charge in [0.25, 0.3) is 5.79 Å². The van der Waals surface area contributed by atoms with E-state index < -0.39 is 11.6 Å². The zero-order chi connectivity index (χ0) is 27.4. The van der Waals surface area contributed by atoms with Gasteiger partial charge in [-0.05, 0) is 49.2 Å². The summed E-state index contributed by atoms with van der Waals surface area (Å²) in [6.45, 7) is 9.94. The fraction of sp³-hybridized carbons (Fsp3) is 0.433. The topological polar surface area (TPSA) is 52.0 Å². The van der Waals surface area contributed by atoms with E-state index in [0.29, 0.717) is 22.1 Å². The molecule has 0 unspecified atom stereocenters. The molecule has 0 bridgehead atoms. The molecule has 0 saturated carbocycles. The maximum atomic E-state index is 14.8. The highest BCUT2D eigenvalue weighted by Crippen LogP contribution is 2.50. The van der Waals surface area contributed by atoms with Crippen LogP contribution in [0.25, 0.3) is 10.3 Å². The summed E-state index contributed by atoms with van der Waals surface area (Å²) in [5.74, 6) is 0.664. The van der Waals surface area contributed by atoms with Gasteiger partial charge in [0.15, 0.2) is 11.5 Å². The number of aromatic nitrogens is 2. The Balaban J connectivity index is 1.06. The van der Waals surface area contributed by atoms with Crippen molar-refractivity contribution in [2.45, 2.75) is 51.7 Å². The predicted molar refractivity (Wildman–Crippen MR) is 155 cm³/mol. The summed E-state index contributed by atoms with van der Waals surface area (Å²) < 4.78 is 35.4. The molecular weight excluding hydrogens is 551 g/mol. The zero-order valence-electron chi connectivity index (χ0n) is 22.7. The number of piperazine rings is 1. The Morgan fingerprint density at radius 3 is 2.67 bits per heavy atom. The molecule has 4 aromatic rings. The second kappa shape index (κ2) is 10.2. The van der Waals surface area contributed by atoms with Gasteiger partial charge in [-0.25, -0.2) is 9.37 Å². The predicted octanol–water partition coefficient (Wildman–Crippen LogP) is 6.21. The van der Waals surface area contributed by atoms with Crippen LogP contribution in [-0.4, -0.2) is 53.3 Å². The van der Waals surface area contributed by atoms with E-state index in [1.807, 2.05) is 18.2 Å². The molecule has 0 N–H and O–H groups in total. The molecule has 3 aliphatic rings. The second-order valence-corrected chi connectivity index (χ2v) is 12.4. The number of imidazole rings is 1. The lowest BCUT2D eigenvalue weighted by Gasteiger charge is -2.36. The summed E-state index contributed by atoms with van der Waals surface area (Å²) in [6.07, 6.45) is 2.43. The molecule has 2 aromatic heterocycles. The number of rotatable bonds is 7. The Bertz CT molecular complexity index is 1560. The molecule has 210 valence electrons. The van der Waals surface area contributed by atoms with Gasteiger partial charge >= 0.3 is 0 Å². The number of aryl methyl sites for hydroxylation is 1. The van der Waals surface area contributed by atoms with Crippen LogP contribution in [0.4, 0.5) is 10.1 Å². The molecular formula is C30H32ClFN4O3S. The van der Waals surface area contributed by atoms with Crippen LogP contribution in [0.15, 0.2) is 42.5 Å². The van der Waals surface area contributed by atoms with Gasteiger partial charge in [-0.3, -0.25) is 4.90 Å². The van der Waals surface area contributed by atoms with Gasteiger partial charge in [0, 0.05) is 49.6 Å². The lowest BCUT2D eigenvalue weighted by Crippen LogP contribution is -2.46. The van der Waals surface area contributed by atoms with Crippen molar-refractivity contribution >= 4 is 39.0 Å². The normalized spacial score (nSPS) is 22.7. The second-order valence-electron chi connectivity index (χ2n) is 10.8. The molecule has 7 rings (SSSR count). The quantitative estimate of drug-likeness (QED) is 0.258. The molecule has 10 heteroatoms. The molecule has 3 aliphatic heterocycles. The van der Waals surface area contributed by atoms with Crippen molar-refractivity contribution in [2.24, 2.45) is 0 Å². The number of thiophene rings is 1. The molecule has 5 heterocycles.